The molecule has 0 bridgehead atoms. The summed E-state index contributed by atoms with van der Waals surface area (Å²) in [6.07, 6.45) is 1.49. The molecular weight excluding hydrogens is 186 g/mol. The van der Waals surface area contributed by atoms with Crippen LogP contribution in [0.15, 0.2) is 6.20 Å². The van der Waals surface area contributed by atoms with Gasteiger partial charge in [0, 0.05) is 5.56 Å². The van der Waals surface area contributed by atoms with Crippen molar-refractivity contribution in [2.24, 2.45) is 0 Å². The maximum absolute atomic E-state index is 11.2. The zero-order valence-electron chi connectivity index (χ0n) is 7.28. The first kappa shape index (κ1) is 8.54. The fourth-order valence-electron chi connectivity index (χ4n) is 1.23. The summed E-state index contributed by atoms with van der Waals surface area (Å²) in [7, 11) is 0. The van der Waals surface area contributed by atoms with E-state index < -0.39 is 6.03 Å². The fourth-order valence-corrected chi connectivity index (χ4v) is 1.23. The number of aromatic amines is 1. The lowest BCUT2D eigenvalue weighted by Gasteiger charge is -2.10. The number of imide groups is 1. The lowest BCUT2D eigenvalue weighted by molar-refractivity contribution is -0.125. The highest BCUT2D eigenvalue weighted by Crippen LogP contribution is 2.11. The summed E-state index contributed by atoms with van der Waals surface area (Å²) in [5.74, 6) is 0.119. The second-order valence-electron chi connectivity index (χ2n) is 2.95. The highest BCUT2D eigenvalue weighted by Gasteiger charge is 2.28. The van der Waals surface area contributed by atoms with Crippen LogP contribution in [0.3, 0.4) is 0 Å². The number of anilines is 1. The van der Waals surface area contributed by atoms with E-state index in [4.69, 9.17) is 5.73 Å². The van der Waals surface area contributed by atoms with Crippen molar-refractivity contribution in [3.63, 3.8) is 0 Å². The molecule has 1 aromatic rings. The van der Waals surface area contributed by atoms with Gasteiger partial charge in [0.15, 0.2) is 0 Å². The molecule has 74 valence electrons. The van der Waals surface area contributed by atoms with Crippen molar-refractivity contribution < 1.29 is 9.59 Å². The summed E-state index contributed by atoms with van der Waals surface area (Å²) >= 11 is 0. The first-order valence-electron chi connectivity index (χ1n) is 4.04. The smallest absolute Gasteiger partial charge is 0.324 e. The topological polar surface area (TPSA) is 104 Å². The lowest BCUT2D eigenvalue weighted by Crippen LogP contribution is -2.30. The number of hydrogen-bond donors (Lipinski definition) is 3. The quantitative estimate of drug-likeness (QED) is 0.529. The van der Waals surface area contributed by atoms with Gasteiger partial charge in [0.25, 0.3) is 0 Å². The third kappa shape index (κ3) is 1.28. The summed E-state index contributed by atoms with van der Waals surface area (Å²) in [4.78, 5) is 23.4. The van der Waals surface area contributed by atoms with Crippen LogP contribution in [0.1, 0.15) is 5.56 Å². The van der Waals surface area contributed by atoms with Gasteiger partial charge in [-0.3, -0.25) is 14.8 Å². The predicted molar refractivity (Wildman–Crippen MR) is 46.9 cm³/mol. The summed E-state index contributed by atoms with van der Waals surface area (Å²) in [5.41, 5.74) is 6.16. The largest absolute Gasteiger partial charge is 0.384 e. The summed E-state index contributed by atoms with van der Waals surface area (Å²) in [5, 5.41) is 8.64. The summed E-state index contributed by atoms with van der Waals surface area (Å²) in [6.45, 7) is 0.212. The Hall–Kier alpha value is -2.05. The Morgan fingerprint density at radius 1 is 1.57 bits per heavy atom. The molecule has 2 rings (SSSR count). The molecule has 1 aromatic heterocycles. The first-order valence-corrected chi connectivity index (χ1v) is 4.04. The highest BCUT2D eigenvalue weighted by atomic mass is 16.2. The number of carbonyl (C=O) groups excluding carboxylic acids is 2. The van der Waals surface area contributed by atoms with E-state index in [2.05, 4.69) is 15.5 Å². The van der Waals surface area contributed by atoms with Crippen LogP contribution in [0.4, 0.5) is 10.6 Å². The number of nitrogen functional groups attached to an aromatic ring is 1. The molecule has 0 radical (unpaired) electrons. The van der Waals surface area contributed by atoms with Gasteiger partial charge in [-0.1, -0.05) is 0 Å². The van der Waals surface area contributed by atoms with Gasteiger partial charge in [-0.2, -0.15) is 5.10 Å². The third-order valence-electron chi connectivity index (χ3n) is 2.02. The Balaban J connectivity index is 2.15. The molecule has 0 saturated carbocycles. The van der Waals surface area contributed by atoms with E-state index in [0.717, 1.165) is 4.90 Å². The predicted octanol–water partition coefficient (Wildman–Crippen LogP) is -0.956. The molecule has 14 heavy (non-hydrogen) atoms. The van der Waals surface area contributed by atoms with Crippen molar-refractivity contribution in [2.45, 2.75) is 6.54 Å². The number of carbonyl (C=O) groups is 2. The van der Waals surface area contributed by atoms with Crippen molar-refractivity contribution >= 4 is 17.8 Å². The van der Waals surface area contributed by atoms with Crippen molar-refractivity contribution in [1.29, 1.82) is 0 Å². The molecule has 1 aliphatic rings. The van der Waals surface area contributed by atoms with E-state index in [-0.39, 0.29) is 19.0 Å². The van der Waals surface area contributed by atoms with Gasteiger partial charge in [-0.05, 0) is 0 Å². The van der Waals surface area contributed by atoms with E-state index >= 15 is 0 Å². The molecule has 1 aliphatic heterocycles. The number of nitrogens with one attached hydrogen (secondary N) is 2. The Morgan fingerprint density at radius 2 is 2.36 bits per heavy atom. The molecule has 4 N–H and O–H groups in total. The molecule has 7 nitrogen and oxygen atoms in total. The zero-order valence-corrected chi connectivity index (χ0v) is 7.28. The Bertz CT molecular complexity index is 369. The number of rotatable bonds is 2. The maximum Gasteiger partial charge on any atom is 0.324 e. The van der Waals surface area contributed by atoms with Crippen molar-refractivity contribution in [2.75, 3.05) is 12.3 Å². The number of amides is 3. The highest BCUT2D eigenvalue weighted by molar-refractivity contribution is 6.01. The molecule has 2 heterocycles. The second kappa shape index (κ2) is 3.02. The molecule has 0 atom stereocenters. The number of aromatic nitrogens is 2. The summed E-state index contributed by atoms with van der Waals surface area (Å²) < 4.78 is 0. The average Bonchev–Trinajstić information content (AvgIpc) is 2.67. The molecule has 0 aliphatic carbocycles. The maximum atomic E-state index is 11.2. The van der Waals surface area contributed by atoms with Gasteiger partial charge < -0.3 is 11.1 Å². The molecule has 3 amide bonds. The number of urea groups is 1. The zero-order chi connectivity index (χ0) is 10.1. The Labute approximate surface area is 79.3 Å². The summed E-state index contributed by atoms with van der Waals surface area (Å²) in [6, 6.07) is -0.393. The number of H-pyrrole nitrogens is 1. The minimum absolute atomic E-state index is 0.0522. The number of hydrogen-bond acceptors (Lipinski definition) is 4. The van der Waals surface area contributed by atoms with Gasteiger partial charge in [0.2, 0.25) is 5.91 Å². The SMILES string of the molecule is Nc1[nH]ncc1CN1C(=O)CNC1=O. The molecule has 7 heteroatoms. The van der Waals surface area contributed by atoms with E-state index in [1.54, 1.807) is 0 Å². The number of nitrogens with zero attached hydrogens (tertiary/aromatic N) is 2. The van der Waals surface area contributed by atoms with Crippen molar-refractivity contribution in [3.05, 3.63) is 11.8 Å². The monoisotopic (exact) mass is 195 g/mol. The van der Waals surface area contributed by atoms with Gasteiger partial charge in [0.1, 0.15) is 5.82 Å². The van der Waals surface area contributed by atoms with Gasteiger partial charge >= 0.3 is 6.03 Å². The fraction of sp³-hybridized carbons (Fsp3) is 0.286. The molecular formula is C7H9N5O2. The van der Waals surface area contributed by atoms with Gasteiger partial charge in [0.05, 0.1) is 19.3 Å². The van der Waals surface area contributed by atoms with Crippen LogP contribution in [-0.4, -0.2) is 33.6 Å². The minimum Gasteiger partial charge on any atom is -0.384 e. The lowest BCUT2D eigenvalue weighted by atomic mass is 10.3. The van der Waals surface area contributed by atoms with E-state index in [1.807, 2.05) is 0 Å². The molecule has 0 aromatic carbocycles. The normalized spacial score (nSPS) is 16.1. The van der Waals surface area contributed by atoms with Crippen LogP contribution in [-0.2, 0) is 11.3 Å². The molecule has 0 spiro atoms. The number of nitrogens with two attached hydrogens (primary N) is 1. The van der Waals surface area contributed by atoms with E-state index in [9.17, 15) is 9.59 Å². The third-order valence-corrected chi connectivity index (χ3v) is 2.02. The van der Waals surface area contributed by atoms with Gasteiger partial charge in [-0.15, -0.1) is 0 Å². The van der Waals surface area contributed by atoms with E-state index in [1.165, 1.54) is 6.20 Å². The Morgan fingerprint density at radius 3 is 2.86 bits per heavy atom. The Kier molecular flexibility index (Phi) is 1.84. The first-order chi connectivity index (χ1) is 6.68. The van der Waals surface area contributed by atoms with Crippen LogP contribution < -0.4 is 11.1 Å². The van der Waals surface area contributed by atoms with E-state index in [0.29, 0.717) is 11.4 Å². The second-order valence-corrected chi connectivity index (χ2v) is 2.95. The standard InChI is InChI=1S/C7H9N5O2/c8-6-4(1-10-11-6)3-12-5(13)2-9-7(12)14/h1H,2-3H2,(H,9,14)(H3,8,10,11). The average molecular weight is 195 g/mol. The van der Waals surface area contributed by atoms with Crippen molar-refractivity contribution in [1.82, 2.24) is 20.4 Å². The van der Waals surface area contributed by atoms with Crippen LogP contribution in [0.25, 0.3) is 0 Å². The van der Waals surface area contributed by atoms with Crippen molar-refractivity contribution in [3.8, 4) is 0 Å². The molecule has 1 saturated heterocycles. The van der Waals surface area contributed by atoms with Crippen LogP contribution in [0.5, 0.6) is 0 Å². The minimum atomic E-state index is -0.393. The molecule has 0 unspecified atom stereocenters. The molecule has 1 fully saturated rings. The van der Waals surface area contributed by atoms with Crippen LogP contribution >= 0.6 is 0 Å². The van der Waals surface area contributed by atoms with Crippen LogP contribution in [0, 0.1) is 0 Å². The van der Waals surface area contributed by atoms with Gasteiger partial charge in [-0.25, -0.2) is 4.79 Å². The van der Waals surface area contributed by atoms with Crippen LogP contribution in [0.2, 0.25) is 0 Å².